The summed E-state index contributed by atoms with van der Waals surface area (Å²) in [5.41, 5.74) is 1.01. The third kappa shape index (κ3) is 6.15. The van der Waals surface area contributed by atoms with Gasteiger partial charge in [-0.2, -0.15) is 0 Å². The molecule has 2 rings (SSSR count). The Labute approximate surface area is 138 Å². The third-order valence-corrected chi connectivity index (χ3v) is 4.05. The summed E-state index contributed by atoms with van der Waals surface area (Å²) in [7, 11) is 4.01. The minimum atomic E-state index is 0.115. The van der Waals surface area contributed by atoms with Crippen LogP contribution in [0.5, 0.6) is 5.88 Å². The molecule has 0 spiro atoms. The Morgan fingerprint density at radius 3 is 3.09 bits per heavy atom. The molecule has 23 heavy (non-hydrogen) atoms. The monoisotopic (exact) mass is 320 g/mol. The number of carbonyl (C=O) groups is 1. The number of carbonyl (C=O) groups excluding carboxylic acids is 1. The van der Waals surface area contributed by atoms with Crippen LogP contribution >= 0.6 is 0 Å². The van der Waals surface area contributed by atoms with Gasteiger partial charge in [-0.1, -0.05) is 0 Å². The first-order valence-electron chi connectivity index (χ1n) is 8.28. The molecule has 2 heterocycles. The quantitative estimate of drug-likeness (QED) is 0.785. The number of hydrogen-bond acceptors (Lipinski definition) is 5. The van der Waals surface area contributed by atoms with Gasteiger partial charge in [0.25, 0.3) is 0 Å². The average Bonchev–Trinajstić information content (AvgIpc) is 2.52. The molecular weight excluding hydrogens is 292 g/mol. The van der Waals surface area contributed by atoms with Crippen molar-refractivity contribution in [1.29, 1.82) is 0 Å². The van der Waals surface area contributed by atoms with Crippen LogP contribution in [0.15, 0.2) is 18.3 Å². The lowest BCUT2D eigenvalue weighted by molar-refractivity contribution is -0.126. The molecule has 128 valence electrons. The molecule has 2 N–H and O–H groups in total. The molecular formula is C17H28N4O2. The highest BCUT2D eigenvalue weighted by Gasteiger charge is 2.24. The van der Waals surface area contributed by atoms with E-state index in [1.54, 1.807) is 6.20 Å². The van der Waals surface area contributed by atoms with Crippen LogP contribution in [-0.2, 0) is 11.3 Å². The summed E-state index contributed by atoms with van der Waals surface area (Å²) in [4.78, 5) is 18.5. The number of likely N-dealkylation sites (N-methyl/N-ethyl adjacent to an activating group) is 1. The summed E-state index contributed by atoms with van der Waals surface area (Å²) in [6, 6.07) is 4.21. The summed E-state index contributed by atoms with van der Waals surface area (Å²) in [5, 5.41) is 6.40. The standard InChI is InChI=1S/C17H28N4O2/c1-13-10-15(5-7-18-13)17(22)20-12-14-4-6-19-16(11-14)23-9-8-21(2)3/h4,6,11,13,15,18H,5,7-10,12H2,1-3H3,(H,20,22)/t13-,15-/m0/s1. The Hall–Kier alpha value is -1.66. The van der Waals surface area contributed by atoms with E-state index < -0.39 is 0 Å². The summed E-state index contributed by atoms with van der Waals surface area (Å²) in [6.07, 6.45) is 3.53. The Morgan fingerprint density at radius 2 is 2.35 bits per heavy atom. The summed E-state index contributed by atoms with van der Waals surface area (Å²) in [6.45, 7) is 5.00. The minimum absolute atomic E-state index is 0.115. The van der Waals surface area contributed by atoms with Crippen LogP contribution < -0.4 is 15.4 Å². The van der Waals surface area contributed by atoms with E-state index in [4.69, 9.17) is 4.74 Å². The Balaban J connectivity index is 1.79. The van der Waals surface area contributed by atoms with Gasteiger partial charge in [0.1, 0.15) is 6.61 Å². The highest BCUT2D eigenvalue weighted by molar-refractivity contribution is 5.78. The number of rotatable bonds is 7. The Bertz CT molecular complexity index is 507. The van der Waals surface area contributed by atoms with Gasteiger partial charge in [0.2, 0.25) is 11.8 Å². The zero-order valence-electron chi connectivity index (χ0n) is 14.3. The van der Waals surface area contributed by atoms with Crippen molar-refractivity contribution in [3.8, 4) is 5.88 Å². The van der Waals surface area contributed by atoms with E-state index in [0.29, 0.717) is 25.1 Å². The van der Waals surface area contributed by atoms with Gasteiger partial charge in [-0.25, -0.2) is 4.98 Å². The zero-order chi connectivity index (χ0) is 16.7. The van der Waals surface area contributed by atoms with E-state index in [0.717, 1.165) is 31.5 Å². The van der Waals surface area contributed by atoms with E-state index in [9.17, 15) is 4.79 Å². The van der Waals surface area contributed by atoms with Crippen molar-refractivity contribution >= 4 is 5.91 Å². The van der Waals surface area contributed by atoms with Crippen molar-refractivity contribution in [3.05, 3.63) is 23.9 Å². The summed E-state index contributed by atoms with van der Waals surface area (Å²) >= 11 is 0. The average molecular weight is 320 g/mol. The highest BCUT2D eigenvalue weighted by atomic mass is 16.5. The second-order valence-corrected chi connectivity index (χ2v) is 6.45. The zero-order valence-corrected chi connectivity index (χ0v) is 14.3. The van der Waals surface area contributed by atoms with Crippen LogP contribution in [0.3, 0.4) is 0 Å². The SMILES string of the molecule is C[C@H]1C[C@@H](C(=O)NCc2ccnc(OCCN(C)C)c2)CCN1. The third-order valence-electron chi connectivity index (χ3n) is 4.05. The summed E-state index contributed by atoms with van der Waals surface area (Å²) < 4.78 is 5.62. The van der Waals surface area contributed by atoms with Gasteiger partial charge in [0, 0.05) is 37.3 Å². The molecule has 0 saturated carbocycles. The molecule has 1 aromatic rings. The van der Waals surface area contributed by atoms with Crippen LogP contribution in [0.2, 0.25) is 0 Å². The molecule has 0 unspecified atom stereocenters. The second kappa shape index (κ2) is 8.84. The van der Waals surface area contributed by atoms with E-state index in [1.165, 1.54) is 0 Å². The predicted molar refractivity (Wildman–Crippen MR) is 90.3 cm³/mol. The van der Waals surface area contributed by atoms with E-state index in [1.807, 2.05) is 26.2 Å². The van der Waals surface area contributed by atoms with Gasteiger partial charge in [0.15, 0.2) is 0 Å². The molecule has 1 amide bonds. The topological polar surface area (TPSA) is 66.5 Å². The molecule has 6 heteroatoms. The Kier molecular flexibility index (Phi) is 6.80. The fourth-order valence-electron chi connectivity index (χ4n) is 2.68. The van der Waals surface area contributed by atoms with Gasteiger partial charge >= 0.3 is 0 Å². The van der Waals surface area contributed by atoms with Gasteiger partial charge < -0.3 is 20.3 Å². The van der Waals surface area contributed by atoms with Crippen LogP contribution in [-0.4, -0.2) is 55.6 Å². The Morgan fingerprint density at radius 1 is 1.52 bits per heavy atom. The van der Waals surface area contributed by atoms with Gasteiger partial charge in [-0.05, 0) is 52.0 Å². The number of piperidine rings is 1. The molecule has 0 aliphatic carbocycles. The number of pyridine rings is 1. The first kappa shape index (κ1) is 17.7. The lowest BCUT2D eigenvalue weighted by atomic mass is 9.92. The molecule has 1 saturated heterocycles. The normalized spacial score (nSPS) is 21.2. The van der Waals surface area contributed by atoms with Crippen molar-refractivity contribution < 1.29 is 9.53 Å². The first-order valence-corrected chi connectivity index (χ1v) is 8.28. The molecule has 6 nitrogen and oxygen atoms in total. The molecule has 1 fully saturated rings. The number of aromatic nitrogens is 1. The highest BCUT2D eigenvalue weighted by Crippen LogP contribution is 2.16. The predicted octanol–water partition coefficient (Wildman–Crippen LogP) is 1.03. The molecule has 0 bridgehead atoms. The lowest BCUT2D eigenvalue weighted by Crippen LogP contribution is -2.42. The first-order chi connectivity index (χ1) is 11.0. The molecule has 1 aliphatic heterocycles. The van der Waals surface area contributed by atoms with Gasteiger partial charge in [-0.15, -0.1) is 0 Å². The van der Waals surface area contributed by atoms with E-state index in [2.05, 4.69) is 27.4 Å². The molecule has 1 aromatic heterocycles. The van der Waals surface area contributed by atoms with Crippen LogP contribution in [0.25, 0.3) is 0 Å². The lowest BCUT2D eigenvalue weighted by Gasteiger charge is -2.27. The number of nitrogens with one attached hydrogen (secondary N) is 2. The largest absolute Gasteiger partial charge is 0.476 e. The van der Waals surface area contributed by atoms with E-state index >= 15 is 0 Å². The minimum Gasteiger partial charge on any atom is -0.476 e. The summed E-state index contributed by atoms with van der Waals surface area (Å²) in [5.74, 6) is 0.864. The maximum Gasteiger partial charge on any atom is 0.223 e. The van der Waals surface area contributed by atoms with Crippen molar-refractivity contribution in [2.24, 2.45) is 5.92 Å². The van der Waals surface area contributed by atoms with Crippen LogP contribution in [0.1, 0.15) is 25.3 Å². The number of hydrogen-bond donors (Lipinski definition) is 2. The van der Waals surface area contributed by atoms with Crippen molar-refractivity contribution in [1.82, 2.24) is 20.5 Å². The fourth-order valence-corrected chi connectivity index (χ4v) is 2.68. The van der Waals surface area contributed by atoms with Gasteiger partial charge in [-0.3, -0.25) is 4.79 Å². The molecule has 1 aliphatic rings. The molecule has 0 radical (unpaired) electrons. The number of amides is 1. The fraction of sp³-hybridized carbons (Fsp3) is 0.647. The molecule has 0 aromatic carbocycles. The maximum absolute atomic E-state index is 12.3. The molecule has 2 atom stereocenters. The van der Waals surface area contributed by atoms with Crippen molar-refractivity contribution in [3.63, 3.8) is 0 Å². The smallest absolute Gasteiger partial charge is 0.223 e. The van der Waals surface area contributed by atoms with Gasteiger partial charge in [0.05, 0.1) is 0 Å². The maximum atomic E-state index is 12.3. The number of ether oxygens (including phenoxy) is 1. The van der Waals surface area contributed by atoms with E-state index in [-0.39, 0.29) is 11.8 Å². The van der Waals surface area contributed by atoms with Crippen molar-refractivity contribution in [2.45, 2.75) is 32.4 Å². The van der Waals surface area contributed by atoms with Crippen LogP contribution in [0.4, 0.5) is 0 Å². The second-order valence-electron chi connectivity index (χ2n) is 6.45. The number of nitrogens with zero attached hydrogens (tertiary/aromatic N) is 2. The van der Waals surface area contributed by atoms with Crippen molar-refractivity contribution in [2.75, 3.05) is 33.8 Å². The van der Waals surface area contributed by atoms with Crippen LogP contribution in [0, 0.1) is 5.92 Å².